The lowest BCUT2D eigenvalue weighted by Gasteiger charge is -2.28. The van der Waals surface area contributed by atoms with Crippen molar-refractivity contribution >= 4 is 21.8 Å². The van der Waals surface area contributed by atoms with E-state index in [1.807, 2.05) is 0 Å². The highest BCUT2D eigenvalue weighted by Crippen LogP contribution is 2.31. The van der Waals surface area contributed by atoms with Gasteiger partial charge in [-0.15, -0.1) is 0 Å². The lowest BCUT2D eigenvalue weighted by atomic mass is 9.82. The van der Waals surface area contributed by atoms with Crippen LogP contribution in [0, 0.1) is 12.8 Å². The Hall–Kier alpha value is -2.18. The van der Waals surface area contributed by atoms with Gasteiger partial charge in [-0.05, 0) is 38.7 Å². The zero-order valence-electron chi connectivity index (χ0n) is 15.8. The van der Waals surface area contributed by atoms with Gasteiger partial charge in [0.2, 0.25) is 10.0 Å². The van der Waals surface area contributed by atoms with Crippen molar-refractivity contribution in [1.29, 1.82) is 0 Å². The van der Waals surface area contributed by atoms with E-state index >= 15 is 0 Å². The zero-order valence-corrected chi connectivity index (χ0v) is 16.6. The maximum atomic E-state index is 13.9. The Morgan fingerprint density at radius 1 is 1.34 bits per heavy atom. The minimum Gasteiger partial charge on any atom is -0.349 e. The number of halogens is 4. The summed E-state index contributed by atoms with van der Waals surface area (Å²) in [5, 5.41) is 4.50. The SMILES string of the molecule is Cc1cc(C(=O)NCC(C)S(=O)(=O)NC(=O)C(F)C2CCC2)nn1CC(F)(F)F. The highest BCUT2D eigenvalue weighted by Gasteiger charge is 2.35. The molecule has 2 unspecified atom stereocenters. The molecular weight excluding hydrogens is 420 g/mol. The van der Waals surface area contributed by atoms with Crippen LogP contribution in [-0.4, -0.2) is 54.2 Å². The minimum atomic E-state index is -4.51. The molecule has 2 N–H and O–H groups in total. The first-order chi connectivity index (χ1) is 13.3. The van der Waals surface area contributed by atoms with Crippen molar-refractivity contribution in [3.63, 3.8) is 0 Å². The summed E-state index contributed by atoms with van der Waals surface area (Å²) in [5.41, 5.74) is -0.209. The van der Waals surface area contributed by atoms with Gasteiger partial charge >= 0.3 is 6.18 Å². The molecule has 1 fully saturated rings. The predicted octanol–water partition coefficient (Wildman–Crippen LogP) is 1.46. The van der Waals surface area contributed by atoms with Crippen LogP contribution in [0.1, 0.15) is 42.4 Å². The molecule has 2 amide bonds. The molecule has 1 aliphatic carbocycles. The summed E-state index contributed by atoms with van der Waals surface area (Å²) in [5.74, 6) is -2.61. The van der Waals surface area contributed by atoms with Crippen molar-refractivity contribution in [3.8, 4) is 0 Å². The summed E-state index contributed by atoms with van der Waals surface area (Å²) in [6.45, 7) is 0.717. The summed E-state index contributed by atoms with van der Waals surface area (Å²) >= 11 is 0. The highest BCUT2D eigenvalue weighted by molar-refractivity contribution is 7.90. The molecule has 0 spiro atoms. The van der Waals surface area contributed by atoms with Gasteiger partial charge in [0, 0.05) is 12.2 Å². The molecule has 1 aliphatic rings. The lowest BCUT2D eigenvalue weighted by Crippen LogP contribution is -2.47. The van der Waals surface area contributed by atoms with E-state index in [4.69, 9.17) is 0 Å². The summed E-state index contributed by atoms with van der Waals surface area (Å²) in [7, 11) is -4.26. The van der Waals surface area contributed by atoms with Gasteiger partial charge in [-0.1, -0.05) is 6.42 Å². The van der Waals surface area contributed by atoms with E-state index < -0.39 is 58.4 Å². The van der Waals surface area contributed by atoms with Crippen LogP contribution in [0.5, 0.6) is 0 Å². The fraction of sp³-hybridized carbons (Fsp3) is 0.688. The Kier molecular flexibility index (Phi) is 6.91. The number of alkyl halides is 4. The molecule has 29 heavy (non-hydrogen) atoms. The van der Waals surface area contributed by atoms with E-state index in [0.717, 1.165) is 12.5 Å². The summed E-state index contributed by atoms with van der Waals surface area (Å²) in [6, 6.07) is 1.13. The number of aromatic nitrogens is 2. The number of hydrogen-bond donors (Lipinski definition) is 2. The molecule has 2 rings (SSSR count). The van der Waals surface area contributed by atoms with Crippen molar-refractivity contribution in [2.75, 3.05) is 6.54 Å². The molecule has 8 nitrogen and oxygen atoms in total. The van der Waals surface area contributed by atoms with Crippen LogP contribution in [-0.2, 0) is 21.4 Å². The number of amides is 2. The van der Waals surface area contributed by atoms with Crippen molar-refractivity contribution in [2.45, 2.75) is 57.3 Å². The van der Waals surface area contributed by atoms with Crippen LogP contribution in [0.25, 0.3) is 0 Å². The van der Waals surface area contributed by atoms with Crippen LogP contribution < -0.4 is 10.0 Å². The molecule has 1 heterocycles. The molecule has 0 radical (unpaired) electrons. The summed E-state index contributed by atoms with van der Waals surface area (Å²) in [4.78, 5) is 23.8. The number of carbonyl (C=O) groups excluding carboxylic acids is 2. The summed E-state index contributed by atoms with van der Waals surface area (Å²) < 4.78 is 77.9. The maximum absolute atomic E-state index is 13.9. The highest BCUT2D eigenvalue weighted by atomic mass is 32.2. The van der Waals surface area contributed by atoms with Crippen LogP contribution in [0.15, 0.2) is 6.07 Å². The average molecular weight is 442 g/mol. The van der Waals surface area contributed by atoms with Gasteiger partial charge in [-0.2, -0.15) is 18.3 Å². The van der Waals surface area contributed by atoms with E-state index in [1.165, 1.54) is 13.8 Å². The standard InChI is InChI=1S/C16H22F4N4O4S/c1-9-6-12(22-24(9)8-16(18,19)20)14(25)21-7-10(2)29(27,28)23-15(26)13(17)11-4-3-5-11/h6,10-11,13H,3-5,7-8H2,1-2H3,(H,21,25)(H,23,26). The van der Waals surface area contributed by atoms with E-state index in [-0.39, 0.29) is 11.4 Å². The number of nitrogens with one attached hydrogen (secondary N) is 2. The largest absolute Gasteiger partial charge is 0.408 e. The number of nitrogens with zero attached hydrogens (tertiary/aromatic N) is 2. The Labute approximate surface area is 165 Å². The molecule has 0 bridgehead atoms. The van der Waals surface area contributed by atoms with Crippen LogP contribution in [0.3, 0.4) is 0 Å². The average Bonchev–Trinajstić information content (AvgIpc) is 2.89. The molecule has 1 aromatic rings. The number of hydrogen-bond acceptors (Lipinski definition) is 5. The number of rotatable bonds is 8. The lowest BCUT2D eigenvalue weighted by molar-refractivity contribution is -0.143. The van der Waals surface area contributed by atoms with Crippen molar-refractivity contribution < 1.29 is 35.6 Å². The number of carbonyl (C=O) groups is 2. The molecular formula is C16H22F4N4O4S. The zero-order chi connectivity index (χ0) is 22.0. The van der Waals surface area contributed by atoms with E-state index in [9.17, 15) is 35.6 Å². The van der Waals surface area contributed by atoms with Gasteiger partial charge in [-0.25, -0.2) is 12.8 Å². The van der Waals surface area contributed by atoms with Gasteiger partial charge in [0.05, 0.1) is 5.25 Å². The Bertz CT molecular complexity index is 865. The first-order valence-electron chi connectivity index (χ1n) is 8.89. The van der Waals surface area contributed by atoms with Crippen molar-refractivity contribution in [1.82, 2.24) is 19.8 Å². The predicted molar refractivity (Wildman–Crippen MR) is 94.1 cm³/mol. The van der Waals surface area contributed by atoms with Gasteiger partial charge in [0.15, 0.2) is 6.17 Å². The van der Waals surface area contributed by atoms with Crippen molar-refractivity contribution in [3.05, 3.63) is 17.5 Å². The molecule has 1 aromatic heterocycles. The molecule has 164 valence electrons. The van der Waals surface area contributed by atoms with E-state index in [0.29, 0.717) is 17.5 Å². The van der Waals surface area contributed by atoms with E-state index in [2.05, 4.69) is 10.4 Å². The molecule has 0 aliphatic heterocycles. The molecule has 1 saturated carbocycles. The Morgan fingerprint density at radius 2 is 1.97 bits per heavy atom. The van der Waals surface area contributed by atoms with Gasteiger partial charge in [-0.3, -0.25) is 19.0 Å². The Balaban J connectivity index is 1.91. The molecule has 2 atom stereocenters. The first kappa shape index (κ1) is 23.1. The second kappa shape index (κ2) is 8.67. The van der Waals surface area contributed by atoms with Gasteiger partial charge in [0.25, 0.3) is 11.8 Å². The van der Waals surface area contributed by atoms with Crippen LogP contribution in [0.4, 0.5) is 17.6 Å². The summed E-state index contributed by atoms with van der Waals surface area (Å²) in [6.07, 6.45) is -4.62. The second-order valence-corrected chi connectivity index (χ2v) is 9.17. The third-order valence-electron chi connectivity index (χ3n) is 4.68. The van der Waals surface area contributed by atoms with Gasteiger partial charge in [0.1, 0.15) is 12.2 Å². The fourth-order valence-electron chi connectivity index (χ4n) is 2.63. The monoisotopic (exact) mass is 442 g/mol. The maximum Gasteiger partial charge on any atom is 0.408 e. The van der Waals surface area contributed by atoms with Crippen molar-refractivity contribution in [2.24, 2.45) is 5.92 Å². The first-order valence-corrected chi connectivity index (χ1v) is 10.4. The smallest absolute Gasteiger partial charge is 0.349 e. The van der Waals surface area contributed by atoms with Crippen LogP contribution >= 0.6 is 0 Å². The number of sulfonamides is 1. The molecule has 13 heteroatoms. The van der Waals surface area contributed by atoms with Gasteiger partial charge < -0.3 is 5.32 Å². The minimum absolute atomic E-state index is 0.102. The number of aryl methyl sites for hydroxylation is 1. The Morgan fingerprint density at radius 3 is 2.48 bits per heavy atom. The molecule has 0 aromatic carbocycles. The van der Waals surface area contributed by atoms with Crippen LogP contribution in [0.2, 0.25) is 0 Å². The second-order valence-electron chi connectivity index (χ2n) is 7.07. The third-order valence-corrected chi connectivity index (χ3v) is 6.39. The molecule has 0 saturated heterocycles. The fourth-order valence-corrected chi connectivity index (χ4v) is 3.53. The van der Waals surface area contributed by atoms with E-state index in [1.54, 1.807) is 4.72 Å². The topological polar surface area (TPSA) is 110 Å². The third kappa shape index (κ3) is 6.15. The normalized spacial score (nSPS) is 17.3. The quantitative estimate of drug-likeness (QED) is 0.593.